The number of aromatic nitrogens is 2. The minimum atomic E-state index is 0.682. The van der Waals surface area contributed by atoms with Gasteiger partial charge in [0, 0.05) is 17.8 Å². The third-order valence-electron chi connectivity index (χ3n) is 3.09. The van der Waals surface area contributed by atoms with Crippen LogP contribution >= 0.6 is 11.6 Å². The Kier molecular flexibility index (Phi) is 2.17. The zero-order valence-electron chi connectivity index (χ0n) is 9.88. The van der Waals surface area contributed by atoms with Crippen molar-refractivity contribution >= 4 is 28.2 Å². The van der Waals surface area contributed by atoms with E-state index in [1.807, 2.05) is 59.3 Å². The molecule has 0 spiro atoms. The number of para-hydroxylation sites is 1. The third-order valence-corrected chi connectivity index (χ3v) is 3.32. The van der Waals surface area contributed by atoms with E-state index < -0.39 is 0 Å². The highest BCUT2D eigenvalue weighted by Crippen LogP contribution is 2.27. The van der Waals surface area contributed by atoms with Crippen molar-refractivity contribution in [3.05, 3.63) is 59.9 Å². The zero-order chi connectivity index (χ0) is 12.8. The second-order valence-electron chi connectivity index (χ2n) is 4.39. The van der Waals surface area contributed by atoms with Gasteiger partial charge in [0.05, 0.1) is 5.02 Å². The second kappa shape index (κ2) is 3.87. The van der Waals surface area contributed by atoms with Crippen LogP contribution in [0, 0.1) is 0 Å². The van der Waals surface area contributed by atoms with E-state index in [1.54, 1.807) is 0 Å². The first-order valence-electron chi connectivity index (χ1n) is 5.93. The fraction of sp³-hybridized carbons (Fsp3) is 0. The Morgan fingerprint density at radius 1 is 1.05 bits per heavy atom. The molecule has 1 aromatic carbocycles. The summed E-state index contributed by atoms with van der Waals surface area (Å²) in [6, 6.07) is 13.6. The van der Waals surface area contributed by atoms with E-state index in [0.29, 0.717) is 5.02 Å². The number of benzene rings is 1. The number of hydrogen-bond donors (Lipinski definition) is 0. The highest BCUT2D eigenvalue weighted by molar-refractivity contribution is 6.30. The molecule has 4 heteroatoms. The molecule has 0 aliphatic rings. The van der Waals surface area contributed by atoms with Crippen molar-refractivity contribution < 1.29 is 4.42 Å². The summed E-state index contributed by atoms with van der Waals surface area (Å²) < 4.78 is 7.70. The molecule has 0 atom stereocenters. The molecule has 0 aliphatic carbocycles. The molecule has 0 amide bonds. The molecule has 0 unspecified atom stereocenters. The molecule has 0 radical (unpaired) electrons. The number of rotatable bonds is 1. The van der Waals surface area contributed by atoms with Gasteiger partial charge < -0.3 is 8.82 Å². The molecule has 0 bridgehead atoms. The molecule has 0 fully saturated rings. The summed E-state index contributed by atoms with van der Waals surface area (Å²) in [4.78, 5) is 4.53. The average molecular weight is 269 g/mol. The Hall–Kier alpha value is -2.26. The molecule has 92 valence electrons. The lowest BCUT2D eigenvalue weighted by molar-refractivity contribution is 0.629. The molecule has 0 aliphatic heterocycles. The maximum Gasteiger partial charge on any atom is 0.155 e. The van der Waals surface area contributed by atoms with Crippen LogP contribution in [0.2, 0.25) is 5.02 Å². The van der Waals surface area contributed by atoms with Crippen LogP contribution in [0.5, 0.6) is 0 Å². The fourth-order valence-corrected chi connectivity index (χ4v) is 2.36. The molecule has 0 N–H and O–H groups in total. The highest BCUT2D eigenvalue weighted by Gasteiger charge is 2.09. The minimum Gasteiger partial charge on any atom is -0.454 e. The van der Waals surface area contributed by atoms with Gasteiger partial charge in [0.1, 0.15) is 16.9 Å². The van der Waals surface area contributed by atoms with Gasteiger partial charge in [0.15, 0.2) is 5.76 Å². The topological polar surface area (TPSA) is 30.4 Å². The summed E-state index contributed by atoms with van der Waals surface area (Å²) in [5.74, 6) is 0.765. The second-order valence-corrected chi connectivity index (χ2v) is 4.82. The molecule has 3 nitrogen and oxygen atoms in total. The van der Waals surface area contributed by atoms with Gasteiger partial charge in [-0.3, -0.25) is 0 Å². The number of furan rings is 1. The molecule has 3 heterocycles. The van der Waals surface area contributed by atoms with Crippen molar-refractivity contribution in [1.29, 1.82) is 0 Å². The summed E-state index contributed by atoms with van der Waals surface area (Å²) in [6.45, 7) is 0. The summed E-state index contributed by atoms with van der Waals surface area (Å²) in [5.41, 5.74) is 2.52. The molecule has 0 saturated heterocycles. The number of nitrogens with zero attached hydrogens (tertiary/aromatic N) is 2. The van der Waals surface area contributed by atoms with Gasteiger partial charge in [-0.25, -0.2) is 4.98 Å². The van der Waals surface area contributed by atoms with Crippen molar-refractivity contribution in [3.8, 4) is 11.5 Å². The first-order chi connectivity index (χ1) is 9.29. The largest absolute Gasteiger partial charge is 0.454 e. The lowest BCUT2D eigenvalue weighted by Crippen LogP contribution is -1.79. The van der Waals surface area contributed by atoms with Gasteiger partial charge in [0.25, 0.3) is 0 Å². The zero-order valence-corrected chi connectivity index (χ0v) is 10.6. The standard InChI is InChI=1S/C15H9ClN2O/c16-11-5-6-15-17-12(9-18(15)8-11)14-7-10-3-1-2-4-13(10)19-14/h1-9H. The fourth-order valence-electron chi connectivity index (χ4n) is 2.19. The van der Waals surface area contributed by atoms with Crippen LogP contribution in [0.3, 0.4) is 0 Å². The van der Waals surface area contributed by atoms with E-state index in [9.17, 15) is 0 Å². The summed E-state index contributed by atoms with van der Waals surface area (Å²) in [7, 11) is 0. The Morgan fingerprint density at radius 3 is 2.84 bits per heavy atom. The highest BCUT2D eigenvalue weighted by atomic mass is 35.5. The van der Waals surface area contributed by atoms with Crippen LogP contribution in [0.1, 0.15) is 0 Å². The summed E-state index contributed by atoms with van der Waals surface area (Å²) >= 11 is 5.97. The summed E-state index contributed by atoms with van der Waals surface area (Å²) in [5, 5.41) is 1.76. The third kappa shape index (κ3) is 1.71. The predicted octanol–water partition coefficient (Wildman–Crippen LogP) is 4.40. The normalized spacial score (nSPS) is 11.4. The first-order valence-corrected chi connectivity index (χ1v) is 6.31. The van der Waals surface area contributed by atoms with Gasteiger partial charge in [-0.15, -0.1) is 0 Å². The number of hydrogen-bond acceptors (Lipinski definition) is 2. The van der Waals surface area contributed by atoms with Gasteiger partial charge in [-0.05, 0) is 24.3 Å². The van der Waals surface area contributed by atoms with E-state index in [-0.39, 0.29) is 0 Å². The Balaban J connectivity index is 1.93. The molecule has 4 rings (SSSR count). The maximum atomic E-state index is 5.97. The SMILES string of the molecule is Clc1ccc2nc(-c3cc4ccccc4o3)cn2c1. The maximum absolute atomic E-state index is 5.97. The van der Waals surface area contributed by atoms with Crippen LogP contribution in [0.25, 0.3) is 28.1 Å². The van der Waals surface area contributed by atoms with Crippen LogP contribution < -0.4 is 0 Å². The Labute approximate surface area is 114 Å². The number of pyridine rings is 1. The lowest BCUT2D eigenvalue weighted by Gasteiger charge is -1.91. The first kappa shape index (κ1) is 10.6. The molecular formula is C15H9ClN2O. The Morgan fingerprint density at radius 2 is 1.95 bits per heavy atom. The molecule has 3 aromatic heterocycles. The molecule has 19 heavy (non-hydrogen) atoms. The quantitative estimate of drug-likeness (QED) is 0.512. The van der Waals surface area contributed by atoms with Gasteiger partial charge >= 0.3 is 0 Å². The van der Waals surface area contributed by atoms with Gasteiger partial charge in [-0.2, -0.15) is 0 Å². The number of imidazole rings is 1. The van der Waals surface area contributed by atoms with Crippen molar-refractivity contribution in [2.24, 2.45) is 0 Å². The van der Waals surface area contributed by atoms with Crippen molar-refractivity contribution in [2.75, 3.05) is 0 Å². The molecular weight excluding hydrogens is 260 g/mol. The van der Waals surface area contributed by atoms with Crippen molar-refractivity contribution in [1.82, 2.24) is 9.38 Å². The lowest BCUT2D eigenvalue weighted by atomic mass is 10.2. The van der Waals surface area contributed by atoms with E-state index in [2.05, 4.69) is 4.98 Å². The van der Waals surface area contributed by atoms with Crippen LogP contribution in [-0.2, 0) is 0 Å². The Bertz CT molecular complexity index is 858. The van der Waals surface area contributed by atoms with Crippen LogP contribution in [-0.4, -0.2) is 9.38 Å². The van der Waals surface area contributed by atoms with E-state index in [0.717, 1.165) is 28.1 Å². The number of fused-ring (bicyclic) bond motifs is 2. The van der Waals surface area contributed by atoms with Crippen molar-refractivity contribution in [2.45, 2.75) is 0 Å². The average Bonchev–Trinajstić information content (AvgIpc) is 3.00. The summed E-state index contributed by atoms with van der Waals surface area (Å²) in [6.07, 6.45) is 3.75. The van der Waals surface area contributed by atoms with Gasteiger partial charge in [0.2, 0.25) is 0 Å². The molecule has 0 saturated carbocycles. The van der Waals surface area contributed by atoms with Gasteiger partial charge in [-0.1, -0.05) is 29.8 Å². The van der Waals surface area contributed by atoms with E-state index >= 15 is 0 Å². The van der Waals surface area contributed by atoms with E-state index in [4.69, 9.17) is 16.0 Å². The monoisotopic (exact) mass is 268 g/mol. The predicted molar refractivity (Wildman–Crippen MR) is 75.4 cm³/mol. The molecule has 4 aromatic rings. The smallest absolute Gasteiger partial charge is 0.155 e. The van der Waals surface area contributed by atoms with Crippen LogP contribution in [0.4, 0.5) is 0 Å². The number of halogens is 1. The van der Waals surface area contributed by atoms with Crippen molar-refractivity contribution in [3.63, 3.8) is 0 Å². The van der Waals surface area contributed by atoms with Crippen LogP contribution in [0.15, 0.2) is 59.3 Å². The van der Waals surface area contributed by atoms with E-state index in [1.165, 1.54) is 0 Å². The minimum absolute atomic E-state index is 0.682.